The molecular formula is C16H12N2S2Se2. The van der Waals surface area contributed by atoms with Gasteiger partial charge in [0, 0.05) is 0 Å². The van der Waals surface area contributed by atoms with E-state index >= 15 is 0 Å². The zero-order valence-corrected chi connectivity index (χ0v) is 16.6. The molecule has 0 bridgehead atoms. The molecule has 2 aromatic carbocycles. The summed E-state index contributed by atoms with van der Waals surface area (Å²) in [5.41, 5.74) is 2.58. The van der Waals surface area contributed by atoms with Crippen LogP contribution in [0.25, 0.3) is 19.6 Å². The van der Waals surface area contributed by atoms with E-state index in [-0.39, 0.29) is 0 Å². The number of nitrogens with zero attached hydrogens (tertiary/aromatic N) is 2. The van der Waals surface area contributed by atoms with E-state index in [4.69, 9.17) is 24.4 Å². The molecule has 0 amide bonds. The van der Waals surface area contributed by atoms with Gasteiger partial charge in [0.2, 0.25) is 0 Å². The summed E-state index contributed by atoms with van der Waals surface area (Å²) < 4.78 is 9.54. The number of hydrogen-bond donors (Lipinski definition) is 0. The fraction of sp³-hybridized carbons (Fsp3) is 0.125. The predicted octanol–water partition coefficient (Wildman–Crippen LogP) is 3.87. The molecule has 4 aromatic rings. The van der Waals surface area contributed by atoms with Gasteiger partial charge in [0.05, 0.1) is 0 Å². The zero-order chi connectivity index (χ0) is 15.1. The molecule has 110 valence electrons. The van der Waals surface area contributed by atoms with E-state index in [0.717, 1.165) is 20.1 Å². The van der Waals surface area contributed by atoms with Crippen LogP contribution in [0.2, 0.25) is 0 Å². The van der Waals surface area contributed by atoms with Gasteiger partial charge >= 0.3 is 151 Å². The van der Waals surface area contributed by atoms with Crippen molar-refractivity contribution in [3.63, 3.8) is 0 Å². The van der Waals surface area contributed by atoms with Gasteiger partial charge in [-0.1, -0.05) is 0 Å². The molecule has 4 rings (SSSR count). The molecule has 0 radical (unpaired) electrons. The van der Waals surface area contributed by atoms with Gasteiger partial charge in [-0.25, -0.2) is 0 Å². The average molecular weight is 454 g/mol. The zero-order valence-electron chi connectivity index (χ0n) is 11.6. The van der Waals surface area contributed by atoms with Gasteiger partial charge in [-0.05, 0) is 0 Å². The van der Waals surface area contributed by atoms with Crippen molar-refractivity contribution < 1.29 is 0 Å². The second-order valence-corrected chi connectivity index (χ2v) is 11.2. The Hall–Kier alpha value is -0.741. The topological polar surface area (TPSA) is 9.86 Å². The van der Waals surface area contributed by atoms with Crippen LogP contribution in [0.1, 0.15) is 0 Å². The summed E-state index contributed by atoms with van der Waals surface area (Å²) in [5.74, 6) is 0. The van der Waals surface area contributed by atoms with Crippen LogP contribution in [-0.2, 0) is 13.1 Å². The van der Waals surface area contributed by atoms with Gasteiger partial charge in [-0.2, -0.15) is 0 Å². The number of aryl methyl sites for hydroxylation is 2. The monoisotopic (exact) mass is 456 g/mol. The van der Waals surface area contributed by atoms with Crippen LogP contribution in [0.15, 0.2) is 48.5 Å². The van der Waals surface area contributed by atoms with Crippen molar-refractivity contribution in [1.82, 2.24) is 9.13 Å². The van der Waals surface area contributed by atoms with E-state index < -0.39 is 0 Å². The summed E-state index contributed by atoms with van der Waals surface area (Å²) in [7, 11) is 0. The number of aromatic nitrogens is 2. The van der Waals surface area contributed by atoms with Crippen molar-refractivity contribution in [2.24, 2.45) is 0 Å². The van der Waals surface area contributed by atoms with Crippen molar-refractivity contribution in [3.05, 3.63) is 55.6 Å². The molecular weight excluding hydrogens is 442 g/mol. The molecule has 0 atom stereocenters. The second kappa shape index (κ2) is 6.04. The van der Waals surface area contributed by atoms with Crippen molar-refractivity contribution >= 4 is 73.0 Å². The summed E-state index contributed by atoms with van der Waals surface area (Å²) in [6.07, 6.45) is 0. The maximum atomic E-state index is 5.60. The molecule has 0 saturated carbocycles. The second-order valence-electron chi connectivity index (χ2n) is 4.97. The molecule has 0 aliphatic carbocycles. The van der Waals surface area contributed by atoms with E-state index in [1.807, 2.05) is 0 Å². The standard InChI is InChI=1S/C16H12N2S2Se2/c19-15-17(11-5-1-3-7-13(11)21-15)9-10-18-12-6-2-4-8-14(12)22-16(18)20/h1-8H,9-10H2. The molecule has 0 N–H and O–H groups in total. The fourth-order valence-electron chi connectivity index (χ4n) is 2.65. The summed E-state index contributed by atoms with van der Waals surface area (Å²) in [5, 5.41) is 0. The van der Waals surface area contributed by atoms with Crippen LogP contribution in [0.3, 0.4) is 0 Å². The van der Waals surface area contributed by atoms with Crippen molar-refractivity contribution in [2.45, 2.75) is 13.1 Å². The van der Waals surface area contributed by atoms with Crippen LogP contribution in [0.5, 0.6) is 0 Å². The molecule has 0 fully saturated rings. The Balaban J connectivity index is 1.75. The third-order valence-electron chi connectivity index (χ3n) is 3.69. The molecule has 2 heterocycles. The van der Waals surface area contributed by atoms with E-state index in [9.17, 15) is 0 Å². The number of para-hydroxylation sites is 2. The quantitative estimate of drug-likeness (QED) is 0.344. The molecule has 0 aliphatic rings. The van der Waals surface area contributed by atoms with Crippen LogP contribution in [0, 0.1) is 7.03 Å². The molecule has 0 aliphatic heterocycles. The van der Waals surface area contributed by atoms with Gasteiger partial charge in [-0.3, -0.25) is 0 Å². The molecule has 0 spiro atoms. The Morgan fingerprint density at radius 2 is 1.09 bits per heavy atom. The first-order valence-electron chi connectivity index (χ1n) is 6.91. The van der Waals surface area contributed by atoms with E-state index in [2.05, 4.69) is 57.7 Å². The minimum absolute atomic E-state index is 0.291. The Morgan fingerprint density at radius 1 is 0.682 bits per heavy atom. The molecule has 0 saturated heterocycles. The van der Waals surface area contributed by atoms with E-state index in [1.165, 1.54) is 19.6 Å². The normalized spacial score (nSPS) is 11.5. The van der Waals surface area contributed by atoms with Crippen LogP contribution in [0.4, 0.5) is 0 Å². The van der Waals surface area contributed by atoms with Crippen LogP contribution < -0.4 is 0 Å². The first kappa shape index (κ1) is 14.8. The first-order chi connectivity index (χ1) is 10.7. The minimum atomic E-state index is 0.291. The predicted molar refractivity (Wildman–Crippen MR) is 99.4 cm³/mol. The third-order valence-corrected chi connectivity index (χ3v) is 9.03. The summed E-state index contributed by atoms with van der Waals surface area (Å²) in [6.45, 7) is 1.81. The Morgan fingerprint density at radius 3 is 1.55 bits per heavy atom. The number of fused-ring (bicyclic) bond motifs is 2. The summed E-state index contributed by atoms with van der Waals surface area (Å²) in [4.78, 5) is 0. The first-order valence-corrected chi connectivity index (χ1v) is 11.1. The SMILES string of the molecule is S=c1[se]c2ccccc2n1CCn1c(=S)[se]c2ccccc21. The third kappa shape index (κ3) is 2.54. The van der Waals surface area contributed by atoms with Gasteiger partial charge < -0.3 is 0 Å². The van der Waals surface area contributed by atoms with Gasteiger partial charge in [0.15, 0.2) is 0 Å². The molecule has 2 aromatic heterocycles. The maximum absolute atomic E-state index is 5.60. The van der Waals surface area contributed by atoms with Crippen LogP contribution in [-0.4, -0.2) is 38.1 Å². The average Bonchev–Trinajstić information content (AvgIpc) is 3.01. The fourth-order valence-corrected chi connectivity index (χ4v) is 7.81. The molecule has 6 heteroatoms. The Labute approximate surface area is 150 Å². The van der Waals surface area contributed by atoms with Gasteiger partial charge in [0.25, 0.3) is 0 Å². The van der Waals surface area contributed by atoms with Gasteiger partial charge in [0.1, 0.15) is 0 Å². The summed E-state index contributed by atoms with van der Waals surface area (Å²) in [6, 6.07) is 17.1. The molecule has 2 nitrogen and oxygen atoms in total. The molecule has 0 unspecified atom stereocenters. The molecule has 22 heavy (non-hydrogen) atoms. The summed E-state index contributed by atoms with van der Waals surface area (Å²) >= 11 is 11.8. The van der Waals surface area contributed by atoms with Crippen molar-refractivity contribution in [1.29, 1.82) is 0 Å². The van der Waals surface area contributed by atoms with Gasteiger partial charge in [-0.15, -0.1) is 0 Å². The number of benzene rings is 2. The Bertz CT molecular complexity index is 997. The van der Waals surface area contributed by atoms with Crippen molar-refractivity contribution in [3.8, 4) is 0 Å². The Kier molecular flexibility index (Phi) is 4.07. The van der Waals surface area contributed by atoms with E-state index in [0.29, 0.717) is 29.0 Å². The number of rotatable bonds is 3. The number of hydrogen-bond acceptors (Lipinski definition) is 2. The van der Waals surface area contributed by atoms with E-state index in [1.54, 1.807) is 0 Å². The van der Waals surface area contributed by atoms with Crippen LogP contribution >= 0.6 is 24.4 Å². The van der Waals surface area contributed by atoms with Crippen molar-refractivity contribution in [2.75, 3.05) is 0 Å².